The number of benzene rings is 2. The van der Waals surface area contributed by atoms with E-state index in [1.807, 2.05) is 12.1 Å². The molecule has 5 rings (SSSR count). The Hall–Kier alpha value is -2.59. The van der Waals surface area contributed by atoms with Crippen LogP contribution in [0.15, 0.2) is 48.7 Å². The van der Waals surface area contributed by atoms with Gasteiger partial charge >= 0.3 is 0 Å². The third kappa shape index (κ3) is 3.86. The van der Waals surface area contributed by atoms with Crippen LogP contribution in [0.1, 0.15) is 59.2 Å². The maximum atomic E-state index is 12.8. The monoisotopic (exact) mass is 429 g/mol. The molecule has 0 spiro atoms. The zero-order chi connectivity index (χ0) is 22.2. The topological polar surface area (TPSA) is 37.3 Å². The second kappa shape index (κ2) is 8.74. The van der Waals surface area contributed by atoms with Crippen LogP contribution in [0.5, 0.6) is 0 Å². The second-order valence-corrected chi connectivity index (χ2v) is 9.94. The molecule has 0 saturated carbocycles. The van der Waals surface area contributed by atoms with Crippen LogP contribution in [-0.2, 0) is 19.9 Å². The first-order chi connectivity index (χ1) is 15.5. The minimum atomic E-state index is 0.0490. The average Bonchev–Trinajstić information content (AvgIpc) is 3.13. The normalized spacial score (nSPS) is 22.7. The summed E-state index contributed by atoms with van der Waals surface area (Å²) in [6, 6.07) is 15.5. The summed E-state index contributed by atoms with van der Waals surface area (Å²) in [7, 11) is 4.41. The number of likely N-dealkylation sites (N-methyl/N-ethyl adjacent to an activating group) is 1. The van der Waals surface area contributed by atoms with Gasteiger partial charge in [0.25, 0.3) is 5.91 Å². The van der Waals surface area contributed by atoms with Gasteiger partial charge in [-0.2, -0.15) is 0 Å². The molecule has 1 saturated heterocycles. The summed E-state index contributed by atoms with van der Waals surface area (Å²) in [6.07, 6.45) is 8.06. The smallest absolute Gasteiger partial charge is 0.251 e. The Bertz CT molecular complexity index is 1110. The van der Waals surface area contributed by atoms with Crippen molar-refractivity contribution >= 4 is 16.8 Å². The number of fused-ring (bicyclic) bond motifs is 2. The zero-order valence-corrected chi connectivity index (χ0v) is 19.6. The highest BCUT2D eigenvalue weighted by Gasteiger charge is 2.39. The van der Waals surface area contributed by atoms with Gasteiger partial charge in [0.1, 0.15) is 0 Å². The van der Waals surface area contributed by atoms with E-state index in [2.05, 4.69) is 72.3 Å². The summed E-state index contributed by atoms with van der Waals surface area (Å²) >= 11 is 0. The molecular weight excluding hydrogens is 394 g/mol. The van der Waals surface area contributed by atoms with Gasteiger partial charge in [-0.25, -0.2) is 0 Å². The Morgan fingerprint density at radius 3 is 2.72 bits per heavy atom. The summed E-state index contributed by atoms with van der Waals surface area (Å²) in [5, 5.41) is 4.70. The third-order valence-corrected chi connectivity index (χ3v) is 7.70. The van der Waals surface area contributed by atoms with E-state index in [0.29, 0.717) is 17.9 Å². The van der Waals surface area contributed by atoms with Crippen LogP contribution in [0.25, 0.3) is 10.9 Å². The van der Waals surface area contributed by atoms with E-state index in [1.54, 1.807) is 0 Å². The number of piperidine rings is 1. The Kier molecular flexibility index (Phi) is 5.81. The van der Waals surface area contributed by atoms with Gasteiger partial charge in [0, 0.05) is 54.8 Å². The minimum Gasteiger partial charge on any atom is -0.352 e. The molecule has 4 nitrogen and oxygen atoms in total. The number of hydrogen-bond donors (Lipinski definition) is 1. The maximum Gasteiger partial charge on any atom is 0.251 e. The average molecular weight is 430 g/mol. The van der Waals surface area contributed by atoms with E-state index in [9.17, 15) is 4.79 Å². The highest BCUT2D eigenvalue weighted by Crippen LogP contribution is 2.44. The summed E-state index contributed by atoms with van der Waals surface area (Å²) in [5.41, 5.74) is 6.41. The van der Waals surface area contributed by atoms with Gasteiger partial charge in [0.05, 0.1) is 0 Å². The fourth-order valence-corrected chi connectivity index (χ4v) is 6.02. The number of aromatic nitrogens is 1. The molecule has 0 radical (unpaired) electrons. The van der Waals surface area contributed by atoms with Crippen molar-refractivity contribution in [2.24, 2.45) is 13.0 Å². The van der Waals surface area contributed by atoms with Gasteiger partial charge in [0.15, 0.2) is 0 Å². The van der Waals surface area contributed by atoms with Crippen LogP contribution in [0, 0.1) is 5.92 Å². The van der Waals surface area contributed by atoms with E-state index in [1.165, 1.54) is 40.4 Å². The van der Waals surface area contributed by atoms with E-state index < -0.39 is 0 Å². The van der Waals surface area contributed by atoms with Gasteiger partial charge in [-0.3, -0.25) is 4.79 Å². The van der Waals surface area contributed by atoms with Crippen molar-refractivity contribution in [1.29, 1.82) is 0 Å². The van der Waals surface area contributed by atoms with Crippen molar-refractivity contribution in [1.82, 2.24) is 14.8 Å². The van der Waals surface area contributed by atoms with Gasteiger partial charge in [0.2, 0.25) is 0 Å². The summed E-state index contributed by atoms with van der Waals surface area (Å²) < 4.78 is 2.27. The van der Waals surface area contributed by atoms with E-state index >= 15 is 0 Å². The Labute approximate surface area is 191 Å². The van der Waals surface area contributed by atoms with Crippen LogP contribution in [0.4, 0.5) is 0 Å². The first-order valence-electron chi connectivity index (χ1n) is 12.2. The summed E-state index contributed by atoms with van der Waals surface area (Å²) in [5.74, 6) is 1.05. The fraction of sp³-hybridized carbons (Fsp3) is 0.464. The molecule has 1 amide bonds. The largest absolute Gasteiger partial charge is 0.352 e. The molecule has 4 heteroatoms. The number of carbonyl (C=O) groups excluding carboxylic acids is 1. The molecule has 3 atom stereocenters. The van der Waals surface area contributed by atoms with Crippen molar-refractivity contribution in [3.05, 3.63) is 70.9 Å². The van der Waals surface area contributed by atoms with Crippen molar-refractivity contribution in [3.8, 4) is 0 Å². The quantitative estimate of drug-likeness (QED) is 0.604. The molecule has 3 aromatic rings. The highest BCUT2D eigenvalue weighted by atomic mass is 16.1. The molecule has 1 N–H and O–H groups in total. The number of rotatable bonds is 6. The first kappa shape index (κ1) is 21.3. The second-order valence-electron chi connectivity index (χ2n) is 9.94. The SMILES string of the molecule is CCCCc1ccc(C(=O)NC[C@@H]2C[C@@H]3c4cccc5c4c(cn5C)C[C@H]3N(C)C2)cc1. The Balaban J connectivity index is 1.27. The molecule has 2 aromatic carbocycles. The van der Waals surface area contributed by atoms with Crippen LogP contribution in [0.2, 0.25) is 0 Å². The van der Waals surface area contributed by atoms with E-state index in [4.69, 9.17) is 0 Å². The van der Waals surface area contributed by atoms with E-state index in [-0.39, 0.29) is 5.91 Å². The molecule has 168 valence electrons. The number of likely N-dealkylation sites (tertiary alicyclic amines) is 1. The molecule has 2 aliphatic rings. The molecule has 2 heterocycles. The number of carbonyl (C=O) groups is 1. The Morgan fingerprint density at radius 2 is 1.94 bits per heavy atom. The highest BCUT2D eigenvalue weighted by molar-refractivity contribution is 5.94. The number of unbranched alkanes of at least 4 members (excludes halogenated alkanes) is 1. The van der Waals surface area contributed by atoms with Gasteiger partial charge in [-0.1, -0.05) is 37.6 Å². The van der Waals surface area contributed by atoms with Gasteiger partial charge in [-0.15, -0.1) is 0 Å². The molecule has 32 heavy (non-hydrogen) atoms. The third-order valence-electron chi connectivity index (χ3n) is 7.70. The fourth-order valence-electron chi connectivity index (χ4n) is 6.02. The number of hydrogen-bond acceptors (Lipinski definition) is 2. The summed E-state index contributed by atoms with van der Waals surface area (Å²) in [6.45, 7) is 3.98. The minimum absolute atomic E-state index is 0.0490. The predicted molar refractivity (Wildman–Crippen MR) is 131 cm³/mol. The number of amides is 1. The van der Waals surface area contributed by atoms with Crippen molar-refractivity contribution in [2.75, 3.05) is 20.1 Å². The number of nitrogens with zero attached hydrogens (tertiary/aromatic N) is 2. The van der Waals surface area contributed by atoms with Crippen molar-refractivity contribution < 1.29 is 4.79 Å². The molecule has 0 unspecified atom stereocenters. The number of nitrogens with one attached hydrogen (secondary N) is 1. The number of aryl methyl sites for hydroxylation is 2. The standard InChI is InChI=1S/C28H35N3O/c1-4-5-7-19-10-12-21(13-11-19)28(32)29-16-20-14-24-23-8-6-9-25-27(23)22(18-31(25)3)15-26(24)30(2)17-20/h6,8-13,18,20,24,26H,4-5,7,14-17H2,1-3H3,(H,29,32)/t20-,24+,26+/m0/s1. The van der Waals surface area contributed by atoms with Crippen LogP contribution >= 0.6 is 0 Å². The van der Waals surface area contributed by atoms with Gasteiger partial charge < -0.3 is 14.8 Å². The first-order valence-corrected chi connectivity index (χ1v) is 12.2. The maximum absolute atomic E-state index is 12.8. The van der Waals surface area contributed by atoms with Gasteiger partial charge in [-0.05, 0) is 73.5 Å². The zero-order valence-electron chi connectivity index (χ0n) is 19.6. The molecule has 1 aliphatic heterocycles. The lowest BCUT2D eigenvalue weighted by Crippen LogP contribution is -2.50. The molecule has 1 aliphatic carbocycles. The summed E-state index contributed by atoms with van der Waals surface area (Å²) in [4.78, 5) is 15.3. The molecular formula is C28H35N3O. The molecule has 1 aromatic heterocycles. The molecule has 1 fully saturated rings. The van der Waals surface area contributed by atoms with Crippen LogP contribution in [-0.4, -0.2) is 41.6 Å². The van der Waals surface area contributed by atoms with Crippen molar-refractivity contribution in [2.45, 2.75) is 51.0 Å². The van der Waals surface area contributed by atoms with Crippen molar-refractivity contribution in [3.63, 3.8) is 0 Å². The Morgan fingerprint density at radius 1 is 1.12 bits per heavy atom. The lowest BCUT2D eigenvalue weighted by molar-refractivity contribution is 0.0891. The predicted octanol–water partition coefficient (Wildman–Crippen LogP) is 4.91. The van der Waals surface area contributed by atoms with E-state index in [0.717, 1.165) is 37.9 Å². The van der Waals surface area contributed by atoms with Crippen LogP contribution < -0.4 is 5.32 Å². The lowest BCUT2D eigenvalue weighted by atomic mass is 9.72. The molecule has 0 bridgehead atoms. The van der Waals surface area contributed by atoms with Crippen LogP contribution in [0.3, 0.4) is 0 Å². The lowest BCUT2D eigenvalue weighted by Gasteiger charge is -2.45.